The fourth-order valence-corrected chi connectivity index (χ4v) is 1.96. The third-order valence-electron chi connectivity index (χ3n) is 2.97. The first-order valence-electron chi connectivity index (χ1n) is 6.39. The zero-order chi connectivity index (χ0) is 10.9. The number of unbranched alkanes of at least 4 members (excludes halogenated alkanes) is 2. The van der Waals surface area contributed by atoms with Crippen molar-refractivity contribution in [3.63, 3.8) is 0 Å². The minimum absolute atomic E-state index is 0. The Morgan fingerprint density at radius 3 is 2.31 bits per heavy atom. The molecule has 0 unspecified atom stereocenters. The summed E-state index contributed by atoms with van der Waals surface area (Å²) in [7, 11) is 0. The summed E-state index contributed by atoms with van der Waals surface area (Å²) >= 11 is 0. The predicted molar refractivity (Wildman–Crippen MR) is 81.5 cm³/mol. The van der Waals surface area contributed by atoms with Gasteiger partial charge in [-0.15, -0.1) is 24.0 Å². The molecular weight excluding hydrogens is 313 g/mol. The third-order valence-corrected chi connectivity index (χ3v) is 2.97. The standard InChI is InChI=1S/C12H25N3.HI/c1-2-3-6-9-14-12(13)15-10-7-4-5-8-11-15;/h2-11H2,1H3,(H2,13,14);1H. The summed E-state index contributed by atoms with van der Waals surface area (Å²) in [5, 5.41) is 0. The molecule has 0 aromatic carbocycles. The molecule has 0 radical (unpaired) electrons. The lowest BCUT2D eigenvalue weighted by Crippen LogP contribution is -2.38. The number of hydrogen-bond donors (Lipinski definition) is 1. The average Bonchev–Trinajstić information content (AvgIpc) is 2.52. The maximum atomic E-state index is 5.98. The highest BCUT2D eigenvalue weighted by molar-refractivity contribution is 14.0. The highest BCUT2D eigenvalue weighted by Crippen LogP contribution is 2.09. The van der Waals surface area contributed by atoms with Crippen molar-refractivity contribution in [1.82, 2.24) is 4.90 Å². The van der Waals surface area contributed by atoms with Crippen LogP contribution in [0.3, 0.4) is 0 Å². The van der Waals surface area contributed by atoms with Gasteiger partial charge >= 0.3 is 0 Å². The minimum atomic E-state index is 0. The molecule has 0 amide bonds. The van der Waals surface area contributed by atoms with Crippen LogP contribution in [0.4, 0.5) is 0 Å². The molecular formula is C12H26IN3. The Hall–Kier alpha value is 0. The van der Waals surface area contributed by atoms with Crippen molar-refractivity contribution in [2.45, 2.75) is 51.9 Å². The Kier molecular flexibility index (Phi) is 10.2. The number of nitrogens with two attached hydrogens (primary N) is 1. The molecule has 1 aliphatic rings. The molecule has 0 atom stereocenters. The van der Waals surface area contributed by atoms with Crippen molar-refractivity contribution >= 4 is 29.9 Å². The van der Waals surface area contributed by atoms with Gasteiger partial charge < -0.3 is 10.6 Å². The van der Waals surface area contributed by atoms with E-state index < -0.39 is 0 Å². The highest BCUT2D eigenvalue weighted by atomic mass is 127. The second kappa shape index (κ2) is 10.2. The Bertz CT molecular complexity index is 187. The molecule has 3 nitrogen and oxygen atoms in total. The van der Waals surface area contributed by atoms with Crippen molar-refractivity contribution in [2.24, 2.45) is 10.7 Å². The van der Waals surface area contributed by atoms with Crippen LogP contribution in [-0.4, -0.2) is 30.5 Å². The van der Waals surface area contributed by atoms with E-state index in [-0.39, 0.29) is 24.0 Å². The summed E-state index contributed by atoms with van der Waals surface area (Å²) < 4.78 is 0. The fourth-order valence-electron chi connectivity index (χ4n) is 1.96. The Morgan fingerprint density at radius 1 is 1.12 bits per heavy atom. The van der Waals surface area contributed by atoms with E-state index in [9.17, 15) is 0 Å². The van der Waals surface area contributed by atoms with E-state index in [0.29, 0.717) is 0 Å². The summed E-state index contributed by atoms with van der Waals surface area (Å²) in [6, 6.07) is 0. The molecule has 1 aliphatic heterocycles. The van der Waals surface area contributed by atoms with Gasteiger partial charge in [-0.1, -0.05) is 32.6 Å². The largest absolute Gasteiger partial charge is 0.370 e. The summed E-state index contributed by atoms with van der Waals surface area (Å²) in [4.78, 5) is 6.70. The lowest BCUT2D eigenvalue weighted by atomic mass is 10.2. The zero-order valence-electron chi connectivity index (χ0n) is 10.5. The van der Waals surface area contributed by atoms with Crippen LogP contribution in [0.25, 0.3) is 0 Å². The van der Waals surface area contributed by atoms with Gasteiger partial charge in [-0.05, 0) is 19.3 Å². The van der Waals surface area contributed by atoms with E-state index in [1.165, 1.54) is 44.9 Å². The van der Waals surface area contributed by atoms with E-state index in [2.05, 4.69) is 16.8 Å². The van der Waals surface area contributed by atoms with Gasteiger partial charge in [-0.3, -0.25) is 4.99 Å². The van der Waals surface area contributed by atoms with E-state index in [1.54, 1.807) is 0 Å². The molecule has 2 N–H and O–H groups in total. The second-order valence-corrected chi connectivity index (χ2v) is 4.35. The van der Waals surface area contributed by atoms with Crippen molar-refractivity contribution in [3.8, 4) is 0 Å². The summed E-state index contributed by atoms with van der Waals surface area (Å²) in [5.74, 6) is 0.771. The van der Waals surface area contributed by atoms with Crippen LogP contribution in [0.1, 0.15) is 51.9 Å². The molecule has 96 valence electrons. The number of hydrogen-bond acceptors (Lipinski definition) is 1. The van der Waals surface area contributed by atoms with Crippen LogP contribution in [0.15, 0.2) is 4.99 Å². The maximum absolute atomic E-state index is 5.98. The molecule has 16 heavy (non-hydrogen) atoms. The molecule has 0 aromatic rings. The molecule has 1 rings (SSSR count). The lowest BCUT2D eigenvalue weighted by Gasteiger charge is -2.21. The van der Waals surface area contributed by atoms with Gasteiger partial charge in [-0.25, -0.2) is 0 Å². The van der Waals surface area contributed by atoms with E-state index in [0.717, 1.165) is 25.6 Å². The van der Waals surface area contributed by atoms with Gasteiger partial charge in [0.25, 0.3) is 0 Å². The van der Waals surface area contributed by atoms with Gasteiger partial charge in [-0.2, -0.15) is 0 Å². The van der Waals surface area contributed by atoms with Crippen LogP contribution >= 0.6 is 24.0 Å². The van der Waals surface area contributed by atoms with Crippen molar-refractivity contribution in [1.29, 1.82) is 0 Å². The topological polar surface area (TPSA) is 41.6 Å². The molecule has 0 bridgehead atoms. The maximum Gasteiger partial charge on any atom is 0.191 e. The number of guanidine groups is 1. The number of likely N-dealkylation sites (tertiary alicyclic amines) is 1. The number of halogens is 1. The summed E-state index contributed by atoms with van der Waals surface area (Å²) in [5.41, 5.74) is 5.98. The molecule has 1 heterocycles. The Balaban J connectivity index is 0.00000225. The van der Waals surface area contributed by atoms with Crippen LogP contribution in [-0.2, 0) is 0 Å². The monoisotopic (exact) mass is 339 g/mol. The van der Waals surface area contributed by atoms with Gasteiger partial charge in [0.05, 0.1) is 0 Å². The zero-order valence-corrected chi connectivity index (χ0v) is 12.8. The van der Waals surface area contributed by atoms with Crippen molar-refractivity contribution < 1.29 is 0 Å². The van der Waals surface area contributed by atoms with Crippen molar-refractivity contribution in [3.05, 3.63) is 0 Å². The van der Waals surface area contributed by atoms with Crippen LogP contribution in [0, 0.1) is 0 Å². The first-order valence-corrected chi connectivity index (χ1v) is 6.39. The number of nitrogens with zero attached hydrogens (tertiary/aromatic N) is 2. The normalized spacial score (nSPS) is 17.8. The quantitative estimate of drug-likeness (QED) is 0.370. The predicted octanol–water partition coefficient (Wildman–Crippen LogP) is 2.99. The average molecular weight is 339 g/mol. The molecule has 0 saturated carbocycles. The third kappa shape index (κ3) is 6.55. The minimum Gasteiger partial charge on any atom is -0.370 e. The molecule has 0 aromatic heterocycles. The molecule has 0 spiro atoms. The Morgan fingerprint density at radius 2 is 1.75 bits per heavy atom. The van der Waals surface area contributed by atoms with E-state index in [1.807, 2.05) is 0 Å². The van der Waals surface area contributed by atoms with Gasteiger partial charge in [0.15, 0.2) is 5.96 Å². The number of rotatable bonds is 4. The smallest absolute Gasteiger partial charge is 0.191 e. The lowest BCUT2D eigenvalue weighted by molar-refractivity contribution is 0.428. The fraction of sp³-hybridized carbons (Fsp3) is 0.917. The number of aliphatic imine (C=N–C) groups is 1. The second-order valence-electron chi connectivity index (χ2n) is 4.35. The first-order chi connectivity index (χ1) is 7.34. The first kappa shape index (κ1) is 16.0. The highest BCUT2D eigenvalue weighted by Gasteiger charge is 2.10. The van der Waals surface area contributed by atoms with Crippen LogP contribution < -0.4 is 5.73 Å². The molecule has 1 saturated heterocycles. The summed E-state index contributed by atoms with van der Waals surface area (Å²) in [6.07, 6.45) is 8.91. The molecule has 1 fully saturated rings. The van der Waals surface area contributed by atoms with E-state index in [4.69, 9.17) is 5.73 Å². The van der Waals surface area contributed by atoms with Gasteiger partial charge in [0.2, 0.25) is 0 Å². The SMILES string of the molecule is CCCCCN=C(N)N1CCCCCC1.I. The Labute approximate surface area is 117 Å². The van der Waals surface area contributed by atoms with E-state index >= 15 is 0 Å². The van der Waals surface area contributed by atoms with Crippen molar-refractivity contribution in [2.75, 3.05) is 19.6 Å². The van der Waals surface area contributed by atoms with Crippen LogP contribution in [0.5, 0.6) is 0 Å². The van der Waals surface area contributed by atoms with Gasteiger partial charge in [0.1, 0.15) is 0 Å². The summed E-state index contributed by atoms with van der Waals surface area (Å²) in [6.45, 7) is 5.31. The van der Waals surface area contributed by atoms with Crippen LogP contribution in [0.2, 0.25) is 0 Å². The molecule has 4 heteroatoms. The van der Waals surface area contributed by atoms with Gasteiger partial charge in [0, 0.05) is 19.6 Å². The molecule has 0 aliphatic carbocycles.